The normalized spacial score (nSPS) is 18.9. The van der Waals surface area contributed by atoms with Crippen LogP contribution in [0.4, 0.5) is 0 Å². The van der Waals surface area contributed by atoms with Crippen LogP contribution in [0, 0.1) is 5.92 Å². The van der Waals surface area contributed by atoms with Gasteiger partial charge in [0.15, 0.2) is 0 Å². The second-order valence-corrected chi connectivity index (χ2v) is 7.23. The van der Waals surface area contributed by atoms with Gasteiger partial charge in [-0.05, 0) is 61.6 Å². The molecule has 118 valence electrons. The summed E-state index contributed by atoms with van der Waals surface area (Å²) in [6, 6.07) is 7.03. The number of hydrogen-bond donors (Lipinski definition) is 1. The minimum atomic E-state index is -0.180. The number of unbranched alkanes of at least 4 members (excludes halogenated alkanes) is 1. The highest BCUT2D eigenvalue weighted by Gasteiger charge is 2.26. The van der Waals surface area contributed by atoms with Crippen LogP contribution < -0.4 is 5.73 Å². The molecule has 0 aliphatic heterocycles. The van der Waals surface area contributed by atoms with E-state index < -0.39 is 0 Å². The number of benzene rings is 1. The van der Waals surface area contributed by atoms with Crippen molar-refractivity contribution >= 4 is 0 Å². The molecule has 1 aromatic rings. The molecule has 21 heavy (non-hydrogen) atoms. The maximum absolute atomic E-state index is 6.72. The predicted octanol–water partition coefficient (Wildman–Crippen LogP) is 5.35. The molecule has 0 heterocycles. The predicted molar refractivity (Wildman–Crippen MR) is 92.5 cm³/mol. The molecule has 2 N–H and O–H groups in total. The largest absolute Gasteiger partial charge is 0.322 e. The van der Waals surface area contributed by atoms with Crippen LogP contribution >= 0.6 is 0 Å². The van der Waals surface area contributed by atoms with Crippen molar-refractivity contribution in [2.75, 3.05) is 0 Å². The molecule has 0 aromatic heterocycles. The van der Waals surface area contributed by atoms with Crippen molar-refractivity contribution in [1.29, 1.82) is 0 Å². The summed E-state index contributed by atoms with van der Waals surface area (Å²) in [7, 11) is 0. The first-order valence-corrected chi connectivity index (χ1v) is 8.98. The Labute approximate surface area is 131 Å². The molecule has 0 spiro atoms. The first kappa shape index (κ1) is 16.5. The molecule has 0 fully saturated rings. The van der Waals surface area contributed by atoms with Crippen LogP contribution in [0.5, 0.6) is 0 Å². The zero-order valence-corrected chi connectivity index (χ0v) is 14.3. The molecule has 2 rings (SSSR count). The Balaban J connectivity index is 2.10. The van der Waals surface area contributed by atoms with E-state index >= 15 is 0 Å². The number of nitrogens with two attached hydrogens (primary N) is 1. The first-order chi connectivity index (χ1) is 10.1. The van der Waals surface area contributed by atoms with E-state index in [1.165, 1.54) is 56.9 Å². The van der Waals surface area contributed by atoms with Crippen molar-refractivity contribution < 1.29 is 0 Å². The Morgan fingerprint density at radius 1 is 1.14 bits per heavy atom. The summed E-state index contributed by atoms with van der Waals surface area (Å²) < 4.78 is 0. The minimum absolute atomic E-state index is 0.180. The van der Waals surface area contributed by atoms with Gasteiger partial charge < -0.3 is 5.73 Å². The molecular weight excluding hydrogens is 254 g/mol. The summed E-state index contributed by atoms with van der Waals surface area (Å²) in [6.07, 6.45) is 11.5. The van der Waals surface area contributed by atoms with Gasteiger partial charge >= 0.3 is 0 Å². The number of aryl methyl sites for hydroxylation is 2. The molecule has 1 aliphatic rings. The third-order valence-electron chi connectivity index (χ3n) is 5.26. The molecule has 1 nitrogen and oxygen atoms in total. The highest BCUT2D eigenvalue weighted by molar-refractivity contribution is 5.36. The van der Waals surface area contributed by atoms with E-state index in [4.69, 9.17) is 5.73 Å². The standard InChI is InChI=1S/C20H33N/c1-4-6-9-16(5-2)15-20(3,21)19-13-12-17-10-7-8-11-18(17)14-19/h12-14,16H,4-11,15,21H2,1-3H3. The lowest BCUT2D eigenvalue weighted by molar-refractivity contribution is 0.315. The lowest BCUT2D eigenvalue weighted by Gasteiger charge is -2.31. The summed E-state index contributed by atoms with van der Waals surface area (Å²) in [4.78, 5) is 0. The second-order valence-electron chi connectivity index (χ2n) is 7.23. The van der Waals surface area contributed by atoms with Gasteiger partial charge in [-0.15, -0.1) is 0 Å². The maximum Gasteiger partial charge on any atom is 0.0383 e. The average Bonchev–Trinajstić information content (AvgIpc) is 2.50. The smallest absolute Gasteiger partial charge is 0.0383 e. The second kappa shape index (κ2) is 7.45. The Bertz CT molecular complexity index is 447. The van der Waals surface area contributed by atoms with Crippen molar-refractivity contribution in [1.82, 2.24) is 0 Å². The molecule has 0 saturated carbocycles. The Kier molecular flexibility index (Phi) is 5.87. The molecule has 0 bridgehead atoms. The lowest BCUT2D eigenvalue weighted by Crippen LogP contribution is -2.35. The summed E-state index contributed by atoms with van der Waals surface area (Å²) in [5.41, 5.74) is 11.0. The first-order valence-electron chi connectivity index (χ1n) is 8.98. The topological polar surface area (TPSA) is 26.0 Å². The Hall–Kier alpha value is -0.820. The van der Waals surface area contributed by atoms with E-state index in [2.05, 4.69) is 39.0 Å². The van der Waals surface area contributed by atoms with Gasteiger partial charge in [0, 0.05) is 5.54 Å². The third kappa shape index (κ3) is 4.32. The van der Waals surface area contributed by atoms with E-state index in [-0.39, 0.29) is 5.54 Å². The fourth-order valence-corrected chi connectivity index (χ4v) is 3.75. The summed E-state index contributed by atoms with van der Waals surface area (Å²) in [5.74, 6) is 0.760. The van der Waals surface area contributed by atoms with E-state index in [1.807, 2.05) is 0 Å². The van der Waals surface area contributed by atoms with E-state index in [0.29, 0.717) is 0 Å². The summed E-state index contributed by atoms with van der Waals surface area (Å²) >= 11 is 0. The van der Waals surface area contributed by atoms with E-state index in [1.54, 1.807) is 11.1 Å². The Morgan fingerprint density at radius 2 is 1.86 bits per heavy atom. The molecule has 0 saturated heterocycles. The van der Waals surface area contributed by atoms with Crippen molar-refractivity contribution in [2.45, 2.75) is 84.1 Å². The summed E-state index contributed by atoms with van der Waals surface area (Å²) in [6.45, 7) is 6.81. The van der Waals surface area contributed by atoms with Gasteiger partial charge in [0.1, 0.15) is 0 Å². The highest BCUT2D eigenvalue weighted by Crippen LogP contribution is 2.32. The van der Waals surface area contributed by atoms with Gasteiger partial charge in [0.2, 0.25) is 0 Å². The Morgan fingerprint density at radius 3 is 2.52 bits per heavy atom. The molecule has 1 aromatic carbocycles. The van der Waals surface area contributed by atoms with Gasteiger partial charge in [-0.3, -0.25) is 0 Å². The van der Waals surface area contributed by atoms with Crippen LogP contribution in [0.3, 0.4) is 0 Å². The van der Waals surface area contributed by atoms with Gasteiger partial charge in [0.05, 0.1) is 0 Å². The van der Waals surface area contributed by atoms with E-state index in [9.17, 15) is 0 Å². The number of fused-ring (bicyclic) bond motifs is 1. The molecule has 0 amide bonds. The van der Waals surface area contributed by atoms with Crippen molar-refractivity contribution in [2.24, 2.45) is 11.7 Å². The van der Waals surface area contributed by atoms with Gasteiger partial charge in [-0.1, -0.05) is 57.7 Å². The van der Waals surface area contributed by atoms with Crippen molar-refractivity contribution in [3.63, 3.8) is 0 Å². The van der Waals surface area contributed by atoms with Gasteiger partial charge in [0.25, 0.3) is 0 Å². The minimum Gasteiger partial charge on any atom is -0.322 e. The average molecular weight is 287 g/mol. The molecule has 1 heteroatoms. The number of rotatable bonds is 7. The fourth-order valence-electron chi connectivity index (χ4n) is 3.75. The van der Waals surface area contributed by atoms with E-state index in [0.717, 1.165) is 12.3 Å². The molecule has 2 atom stereocenters. The summed E-state index contributed by atoms with van der Waals surface area (Å²) in [5, 5.41) is 0. The molecule has 0 radical (unpaired) electrons. The zero-order valence-electron chi connectivity index (χ0n) is 14.3. The highest BCUT2D eigenvalue weighted by atomic mass is 14.7. The fraction of sp³-hybridized carbons (Fsp3) is 0.700. The van der Waals surface area contributed by atoms with Crippen molar-refractivity contribution in [3.05, 3.63) is 34.9 Å². The van der Waals surface area contributed by atoms with Crippen LogP contribution in [-0.4, -0.2) is 0 Å². The lowest BCUT2D eigenvalue weighted by atomic mass is 9.79. The third-order valence-corrected chi connectivity index (χ3v) is 5.26. The zero-order chi connectivity index (χ0) is 15.3. The molecular formula is C20H33N. The van der Waals surface area contributed by atoms with Crippen molar-refractivity contribution in [3.8, 4) is 0 Å². The maximum atomic E-state index is 6.72. The number of hydrogen-bond acceptors (Lipinski definition) is 1. The monoisotopic (exact) mass is 287 g/mol. The van der Waals surface area contributed by atoms with Gasteiger partial charge in [-0.2, -0.15) is 0 Å². The van der Waals surface area contributed by atoms with Crippen LogP contribution in [0.25, 0.3) is 0 Å². The molecule has 2 unspecified atom stereocenters. The molecule has 1 aliphatic carbocycles. The quantitative estimate of drug-likeness (QED) is 0.719. The SMILES string of the molecule is CCCCC(CC)CC(C)(N)c1ccc2c(c1)CCCC2. The van der Waals surface area contributed by atoms with Crippen LogP contribution in [0.2, 0.25) is 0 Å². The van der Waals surface area contributed by atoms with Gasteiger partial charge in [-0.25, -0.2) is 0 Å². The van der Waals surface area contributed by atoms with Crippen LogP contribution in [-0.2, 0) is 18.4 Å². The van der Waals surface area contributed by atoms with Crippen LogP contribution in [0.1, 0.15) is 82.4 Å². The van der Waals surface area contributed by atoms with Crippen LogP contribution in [0.15, 0.2) is 18.2 Å².